The topological polar surface area (TPSA) is 117 Å². The molecule has 5 fully saturated rings. The van der Waals surface area contributed by atoms with E-state index in [0.29, 0.717) is 19.6 Å². The minimum absolute atomic E-state index is 0.0287. The zero-order valence-electron chi connectivity index (χ0n) is 25.2. The van der Waals surface area contributed by atoms with Crippen molar-refractivity contribution in [3.63, 3.8) is 0 Å². The smallest absolute Gasteiger partial charge is 0.249 e. The van der Waals surface area contributed by atoms with Gasteiger partial charge in [-0.05, 0) is 44.9 Å². The summed E-state index contributed by atoms with van der Waals surface area (Å²) in [5.41, 5.74) is 2.04. The highest BCUT2D eigenvalue weighted by molar-refractivity contribution is 5.82. The van der Waals surface area contributed by atoms with Gasteiger partial charge >= 0.3 is 0 Å². The first-order chi connectivity index (χ1) is 21.0. The Morgan fingerprint density at radius 3 is 2.72 bits per heavy atom. The second-order valence-electron chi connectivity index (χ2n) is 12.4. The minimum atomic E-state index is -0.252. The number of ether oxygens (including phenoxy) is 2. The normalized spacial score (nSPS) is 34.6. The van der Waals surface area contributed by atoms with E-state index in [4.69, 9.17) is 9.47 Å². The van der Waals surface area contributed by atoms with Crippen molar-refractivity contribution in [3.05, 3.63) is 30.4 Å². The number of nitrogens with one attached hydrogen (secondary N) is 4. The van der Waals surface area contributed by atoms with Gasteiger partial charge in [-0.1, -0.05) is 12.2 Å². The molecule has 7 rings (SSSR count). The van der Waals surface area contributed by atoms with Crippen LogP contribution < -0.4 is 30.9 Å². The molecule has 6 aliphatic rings. The summed E-state index contributed by atoms with van der Waals surface area (Å²) >= 11 is 0. The largest absolute Gasteiger partial charge is 0.495 e. The van der Waals surface area contributed by atoms with E-state index in [0.717, 1.165) is 69.0 Å². The van der Waals surface area contributed by atoms with Gasteiger partial charge in [0.2, 0.25) is 11.8 Å². The number of hydrazine groups is 1. The van der Waals surface area contributed by atoms with Crippen molar-refractivity contribution >= 4 is 23.2 Å². The average molecular weight is 596 g/mol. The number of piperidine rings is 1. The molecule has 4 N–H and O–H groups in total. The van der Waals surface area contributed by atoms with Crippen LogP contribution in [0.1, 0.15) is 25.7 Å². The minimum Gasteiger partial charge on any atom is -0.495 e. The van der Waals surface area contributed by atoms with Gasteiger partial charge in [-0.15, -0.1) is 0 Å². The van der Waals surface area contributed by atoms with Crippen LogP contribution in [0.5, 0.6) is 5.75 Å². The standard InChI is InChI=1S/C30H45N9O4/c1-35-13-15-36(16-14-35)22-8-7-20(17-24(22)42-2)32-30-31-18-21-27(34-30)39-25-10-9-23-28(33-25)37(26(40)19-43-23)11-5-3-4-6-12-38(39)29(21)41/h4,6-8,17,21,23,25,27-28,30-34H,3,5,9-16,18-19H2,1-2H3/b6-4-. The molecule has 0 saturated carbocycles. The zero-order chi connectivity index (χ0) is 29.5. The second kappa shape index (κ2) is 12.2. The number of likely N-dealkylation sites (N-methyl/N-ethyl adjacent to an activating group) is 1. The predicted molar refractivity (Wildman–Crippen MR) is 162 cm³/mol. The molecule has 0 aromatic heterocycles. The molecule has 6 aliphatic heterocycles. The Morgan fingerprint density at radius 2 is 1.88 bits per heavy atom. The first kappa shape index (κ1) is 28.8. The van der Waals surface area contributed by atoms with Gasteiger partial charge < -0.3 is 29.5 Å². The molecule has 2 bridgehead atoms. The molecule has 0 radical (unpaired) electrons. The van der Waals surface area contributed by atoms with Crippen molar-refractivity contribution in [2.24, 2.45) is 5.92 Å². The Morgan fingerprint density at radius 1 is 1.02 bits per heavy atom. The summed E-state index contributed by atoms with van der Waals surface area (Å²) in [5, 5.41) is 18.6. The summed E-state index contributed by atoms with van der Waals surface area (Å²) in [6.07, 6.45) is 6.82. The van der Waals surface area contributed by atoms with Crippen LogP contribution in [0.25, 0.3) is 0 Å². The molecule has 43 heavy (non-hydrogen) atoms. The highest BCUT2D eigenvalue weighted by Crippen LogP contribution is 2.35. The number of piperazine rings is 1. The van der Waals surface area contributed by atoms with E-state index in [1.165, 1.54) is 0 Å². The third kappa shape index (κ3) is 5.58. The number of anilines is 2. The number of methoxy groups -OCH3 is 1. The molecule has 1 aromatic rings. The quantitative estimate of drug-likeness (QED) is 0.351. The Hall–Kier alpha value is -2.94. The maximum absolute atomic E-state index is 13.8. The Labute approximate surface area is 253 Å². The number of hydrogen-bond donors (Lipinski definition) is 4. The Balaban J connectivity index is 1.10. The summed E-state index contributed by atoms with van der Waals surface area (Å²) < 4.78 is 11.8. The number of benzene rings is 1. The molecule has 234 valence electrons. The van der Waals surface area contributed by atoms with Gasteiger partial charge in [-0.3, -0.25) is 30.5 Å². The second-order valence-corrected chi connectivity index (χ2v) is 12.4. The summed E-state index contributed by atoms with van der Waals surface area (Å²) in [7, 11) is 3.88. The lowest BCUT2D eigenvalue weighted by Gasteiger charge is -2.50. The van der Waals surface area contributed by atoms with Gasteiger partial charge in [-0.25, -0.2) is 0 Å². The average Bonchev–Trinajstić information content (AvgIpc) is 3.29. The van der Waals surface area contributed by atoms with E-state index in [2.05, 4.69) is 67.4 Å². The summed E-state index contributed by atoms with van der Waals surface area (Å²) in [6, 6.07) is 6.27. The molecule has 13 heteroatoms. The van der Waals surface area contributed by atoms with Gasteiger partial charge in [0.1, 0.15) is 24.8 Å². The Bertz CT molecular complexity index is 1220. The van der Waals surface area contributed by atoms with E-state index in [1.807, 2.05) is 16.0 Å². The number of rotatable bonds is 4. The van der Waals surface area contributed by atoms with Crippen molar-refractivity contribution < 1.29 is 19.1 Å². The predicted octanol–water partition coefficient (Wildman–Crippen LogP) is -0.0502. The molecule has 0 spiro atoms. The SMILES string of the molecule is COc1cc(NC2NCC3C(=O)N4C/C=C\CCCN5C(=O)COC6CCC(NC65)N4C3N2)ccc1N1CCN(C)CC1. The number of fused-ring (bicyclic) bond motifs is 5. The first-order valence-electron chi connectivity index (χ1n) is 15.8. The highest BCUT2D eigenvalue weighted by atomic mass is 16.5. The Kier molecular flexibility index (Phi) is 8.18. The zero-order valence-corrected chi connectivity index (χ0v) is 25.2. The number of morpholine rings is 1. The van der Waals surface area contributed by atoms with Crippen molar-refractivity contribution in [2.45, 2.75) is 56.6 Å². The van der Waals surface area contributed by atoms with E-state index in [1.54, 1.807) is 7.11 Å². The third-order valence-corrected chi connectivity index (χ3v) is 9.78. The van der Waals surface area contributed by atoms with Crippen LogP contribution in [0, 0.1) is 5.92 Å². The number of allylic oxidation sites excluding steroid dienone is 1. The van der Waals surface area contributed by atoms with Crippen LogP contribution >= 0.6 is 0 Å². The van der Waals surface area contributed by atoms with Crippen molar-refractivity contribution in [1.82, 2.24) is 35.8 Å². The maximum Gasteiger partial charge on any atom is 0.249 e. The molecular weight excluding hydrogens is 550 g/mol. The van der Waals surface area contributed by atoms with Crippen molar-refractivity contribution in [1.29, 1.82) is 0 Å². The number of amides is 2. The van der Waals surface area contributed by atoms with E-state index in [9.17, 15) is 9.59 Å². The van der Waals surface area contributed by atoms with Crippen LogP contribution in [0.15, 0.2) is 30.4 Å². The van der Waals surface area contributed by atoms with Crippen LogP contribution in [-0.2, 0) is 14.3 Å². The fraction of sp³-hybridized carbons (Fsp3) is 0.667. The molecule has 6 unspecified atom stereocenters. The molecule has 13 nitrogen and oxygen atoms in total. The lowest BCUT2D eigenvalue weighted by molar-refractivity contribution is -0.176. The van der Waals surface area contributed by atoms with Crippen molar-refractivity contribution in [2.75, 3.05) is 76.8 Å². The van der Waals surface area contributed by atoms with E-state index >= 15 is 0 Å². The monoisotopic (exact) mass is 595 g/mol. The summed E-state index contributed by atoms with van der Waals surface area (Å²) in [4.78, 5) is 33.3. The number of carbonyl (C=O) groups excluding carboxylic acids is 2. The molecule has 0 aliphatic carbocycles. The van der Waals surface area contributed by atoms with Crippen LogP contribution in [-0.4, -0.2) is 129 Å². The van der Waals surface area contributed by atoms with E-state index < -0.39 is 0 Å². The molecule has 6 heterocycles. The van der Waals surface area contributed by atoms with E-state index in [-0.39, 0.29) is 55.2 Å². The van der Waals surface area contributed by atoms with Gasteiger partial charge in [0.15, 0.2) is 0 Å². The van der Waals surface area contributed by atoms with Crippen LogP contribution in [0.2, 0.25) is 0 Å². The number of nitrogens with zero attached hydrogens (tertiary/aromatic N) is 5. The molecule has 2 amide bonds. The number of hydrogen-bond acceptors (Lipinski definition) is 11. The number of carbonyl (C=O) groups is 2. The maximum atomic E-state index is 13.8. The molecule has 5 saturated heterocycles. The van der Waals surface area contributed by atoms with Gasteiger partial charge in [-0.2, -0.15) is 5.01 Å². The molecule has 6 atom stereocenters. The van der Waals surface area contributed by atoms with Gasteiger partial charge in [0.25, 0.3) is 0 Å². The summed E-state index contributed by atoms with van der Waals surface area (Å²) in [6.45, 7) is 5.93. The lowest BCUT2D eigenvalue weighted by Crippen LogP contribution is -2.72. The van der Waals surface area contributed by atoms with Gasteiger partial charge in [0.05, 0.1) is 43.7 Å². The van der Waals surface area contributed by atoms with Crippen molar-refractivity contribution in [3.8, 4) is 5.75 Å². The van der Waals surface area contributed by atoms with Gasteiger partial charge in [0, 0.05) is 51.0 Å². The van der Waals surface area contributed by atoms with Crippen LogP contribution in [0.3, 0.4) is 0 Å². The summed E-state index contributed by atoms with van der Waals surface area (Å²) in [5.74, 6) is 0.752. The van der Waals surface area contributed by atoms with Crippen LogP contribution in [0.4, 0.5) is 11.4 Å². The first-order valence-corrected chi connectivity index (χ1v) is 15.8. The molecular formula is C30H45N9O4. The highest BCUT2D eigenvalue weighted by Gasteiger charge is 2.53. The fourth-order valence-electron chi connectivity index (χ4n) is 7.42. The third-order valence-electron chi connectivity index (χ3n) is 9.78. The lowest BCUT2D eigenvalue weighted by atomic mass is 9.99. The fourth-order valence-corrected chi connectivity index (χ4v) is 7.42. The molecule has 1 aromatic carbocycles.